The first-order chi connectivity index (χ1) is 11.5. The Bertz CT molecular complexity index is 765. The predicted molar refractivity (Wildman–Crippen MR) is 95.5 cm³/mol. The number of amides is 3. The Morgan fingerprint density at radius 2 is 2.17 bits per heavy atom. The van der Waals surface area contributed by atoms with Crippen LogP contribution in [0.4, 0.5) is 16.2 Å². The summed E-state index contributed by atoms with van der Waals surface area (Å²) in [4.78, 5) is 29.2. The SMILES string of the molecule is Cc1nc(CNC(=O)Nc2ccc3c(c2)CCCC(=O)N3)sc1C. The van der Waals surface area contributed by atoms with Crippen molar-refractivity contribution in [1.82, 2.24) is 10.3 Å². The number of urea groups is 1. The topological polar surface area (TPSA) is 83.1 Å². The number of benzene rings is 1. The van der Waals surface area contributed by atoms with Crippen LogP contribution < -0.4 is 16.0 Å². The molecule has 126 valence electrons. The summed E-state index contributed by atoms with van der Waals surface area (Å²) in [6.45, 7) is 4.39. The summed E-state index contributed by atoms with van der Waals surface area (Å²) in [6.07, 6.45) is 2.17. The fraction of sp³-hybridized carbons (Fsp3) is 0.353. The molecule has 3 amide bonds. The van der Waals surface area contributed by atoms with Gasteiger partial charge in [0.2, 0.25) is 5.91 Å². The van der Waals surface area contributed by atoms with Crippen molar-refractivity contribution in [3.8, 4) is 0 Å². The van der Waals surface area contributed by atoms with Gasteiger partial charge in [-0.25, -0.2) is 9.78 Å². The molecule has 0 aliphatic carbocycles. The summed E-state index contributed by atoms with van der Waals surface area (Å²) < 4.78 is 0. The van der Waals surface area contributed by atoms with Crippen LogP contribution in [0.3, 0.4) is 0 Å². The van der Waals surface area contributed by atoms with Crippen LogP contribution >= 0.6 is 11.3 Å². The third kappa shape index (κ3) is 3.91. The van der Waals surface area contributed by atoms with Gasteiger partial charge in [-0.05, 0) is 50.5 Å². The van der Waals surface area contributed by atoms with Crippen molar-refractivity contribution < 1.29 is 9.59 Å². The maximum atomic E-state index is 12.1. The van der Waals surface area contributed by atoms with Crippen LogP contribution in [-0.2, 0) is 17.8 Å². The van der Waals surface area contributed by atoms with Crippen molar-refractivity contribution in [3.05, 3.63) is 39.3 Å². The summed E-state index contributed by atoms with van der Waals surface area (Å²) in [5.41, 5.74) is 3.60. The number of hydrogen-bond acceptors (Lipinski definition) is 4. The molecule has 1 aliphatic heterocycles. The lowest BCUT2D eigenvalue weighted by atomic mass is 10.1. The van der Waals surface area contributed by atoms with E-state index in [1.54, 1.807) is 17.4 Å². The Morgan fingerprint density at radius 1 is 1.33 bits per heavy atom. The van der Waals surface area contributed by atoms with Gasteiger partial charge in [0.25, 0.3) is 0 Å². The second-order valence-corrected chi connectivity index (χ2v) is 7.12. The second kappa shape index (κ2) is 7.00. The van der Waals surface area contributed by atoms with Crippen LogP contribution in [-0.4, -0.2) is 16.9 Å². The molecule has 0 atom stereocenters. The smallest absolute Gasteiger partial charge is 0.319 e. The summed E-state index contributed by atoms with van der Waals surface area (Å²) >= 11 is 1.59. The monoisotopic (exact) mass is 344 g/mol. The van der Waals surface area contributed by atoms with Crippen molar-refractivity contribution in [2.24, 2.45) is 0 Å². The number of rotatable bonds is 3. The van der Waals surface area contributed by atoms with E-state index < -0.39 is 0 Å². The van der Waals surface area contributed by atoms with Crippen LogP contribution in [0.25, 0.3) is 0 Å². The van der Waals surface area contributed by atoms with Gasteiger partial charge in [-0.15, -0.1) is 11.3 Å². The molecular weight excluding hydrogens is 324 g/mol. The molecule has 2 aromatic rings. The highest BCUT2D eigenvalue weighted by molar-refractivity contribution is 7.11. The summed E-state index contributed by atoms with van der Waals surface area (Å²) in [5.74, 6) is 0.0428. The molecule has 0 saturated carbocycles. The molecule has 7 heteroatoms. The average Bonchev–Trinajstić information content (AvgIpc) is 2.74. The second-order valence-electron chi connectivity index (χ2n) is 5.83. The van der Waals surface area contributed by atoms with Gasteiger partial charge < -0.3 is 16.0 Å². The summed E-state index contributed by atoms with van der Waals surface area (Å²) in [6, 6.07) is 5.28. The molecule has 24 heavy (non-hydrogen) atoms. The molecule has 6 nitrogen and oxygen atoms in total. The van der Waals surface area contributed by atoms with Crippen LogP contribution in [0.2, 0.25) is 0 Å². The Labute approximate surface area is 144 Å². The molecule has 0 bridgehead atoms. The lowest BCUT2D eigenvalue weighted by Crippen LogP contribution is -2.28. The minimum atomic E-state index is -0.266. The molecule has 0 spiro atoms. The standard InChI is InChI=1S/C17H20N4O2S/c1-10-11(2)24-16(19-10)9-18-17(23)20-13-6-7-14-12(8-13)4-3-5-15(22)21-14/h6-8H,3-5,9H2,1-2H3,(H,21,22)(H2,18,20,23). The molecule has 0 radical (unpaired) electrons. The van der Waals surface area contributed by atoms with E-state index in [0.29, 0.717) is 18.7 Å². The number of fused-ring (bicyclic) bond motifs is 1. The highest BCUT2D eigenvalue weighted by atomic mass is 32.1. The molecule has 0 saturated heterocycles. The van der Waals surface area contributed by atoms with Gasteiger partial charge in [0.15, 0.2) is 0 Å². The fourth-order valence-electron chi connectivity index (χ4n) is 2.60. The number of carbonyl (C=O) groups excluding carboxylic acids is 2. The average molecular weight is 344 g/mol. The molecule has 0 fully saturated rings. The maximum absolute atomic E-state index is 12.1. The number of hydrogen-bond donors (Lipinski definition) is 3. The van der Waals surface area contributed by atoms with Gasteiger partial charge in [-0.1, -0.05) is 0 Å². The van der Waals surface area contributed by atoms with Gasteiger partial charge in [-0.3, -0.25) is 4.79 Å². The van der Waals surface area contributed by atoms with E-state index in [2.05, 4.69) is 20.9 Å². The zero-order valence-corrected chi connectivity index (χ0v) is 14.5. The van der Waals surface area contributed by atoms with Crippen molar-refractivity contribution in [2.45, 2.75) is 39.7 Å². The molecule has 1 aromatic carbocycles. The highest BCUT2D eigenvalue weighted by Gasteiger charge is 2.13. The molecule has 3 rings (SSSR count). The Kier molecular flexibility index (Phi) is 4.80. The minimum Gasteiger partial charge on any atom is -0.331 e. The zero-order chi connectivity index (χ0) is 17.1. The van der Waals surface area contributed by atoms with Crippen molar-refractivity contribution in [3.63, 3.8) is 0 Å². The van der Waals surface area contributed by atoms with Gasteiger partial charge in [0.05, 0.1) is 12.2 Å². The Hall–Kier alpha value is -2.41. The highest BCUT2D eigenvalue weighted by Crippen LogP contribution is 2.25. The first-order valence-electron chi connectivity index (χ1n) is 7.92. The van der Waals surface area contributed by atoms with E-state index in [1.807, 2.05) is 26.0 Å². The maximum Gasteiger partial charge on any atom is 0.319 e. The third-order valence-corrected chi connectivity index (χ3v) is 5.03. The van der Waals surface area contributed by atoms with Crippen LogP contribution in [0.5, 0.6) is 0 Å². The molecule has 1 aliphatic rings. The minimum absolute atomic E-state index is 0.0428. The van der Waals surface area contributed by atoms with Gasteiger partial charge in [0.1, 0.15) is 5.01 Å². The first-order valence-corrected chi connectivity index (χ1v) is 8.73. The fourth-order valence-corrected chi connectivity index (χ4v) is 3.47. The van der Waals surface area contributed by atoms with Gasteiger partial charge in [-0.2, -0.15) is 0 Å². The van der Waals surface area contributed by atoms with E-state index in [4.69, 9.17) is 0 Å². The predicted octanol–water partition coefficient (Wildman–Crippen LogP) is 3.36. The Morgan fingerprint density at radius 3 is 2.92 bits per heavy atom. The number of aromatic nitrogens is 1. The van der Waals surface area contributed by atoms with E-state index >= 15 is 0 Å². The van der Waals surface area contributed by atoms with Gasteiger partial charge >= 0.3 is 6.03 Å². The van der Waals surface area contributed by atoms with E-state index in [9.17, 15) is 9.59 Å². The molecular formula is C17H20N4O2S. The number of thiazole rings is 1. The summed E-state index contributed by atoms with van der Waals surface area (Å²) in [7, 11) is 0. The van der Waals surface area contributed by atoms with Crippen molar-refractivity contribution in [2.75, 3.05) is 10.6 Å². The van der Waals surface area contributed by atoms with E-state index in [-0.39, 0.29) is 11.9 Å². The molecule has 3 N–H and O–H groups in total. The number of aryl methyl sites for hydroxylation is 3. The third-order valence-electron chi connectivity index (χ3n) is 3.96. The quantitative estimate of drug-likeness (QED) is 0.798. The van der Waals surface area contributed by atoms with Crippen LogP contribution in [0.1, 0.15) is 34.0 Å². The number of carbonyl (C=O) groups is 2. The first kappa shape index (κ1) is 16.4. The normalized spacial score (nSPS) is 13.7. The number of nitrogens with one attached hydrogen (secondary N) is 3. The van der Waals surface area contributed by atoms with Crippen LogP contribution in [0.15, 0.2) is 18.2 Å². The largest absolute Gasteiger partial charge is 0.331 e. The number of anilines is 2. The lowest BCUT2D eigenvalue weighted by Gasteiger charge is -2.11. The van der Waals surface area contributed by atoms with E-state index in [0.717, 1.165) is 34.8 Å². The van der Waals surface area contributed by atoms with Gasteiger partial charge in [0, 0.05) is 22.7 Å². The number of nitrogens with zero attached hydrogens (tertiary/aromatic N) is 1. The van der Waals surface area contributed by atoms with E-state index in [1.165, 1.54) is 4.88 Å². The lowest BCUT2D eigenvalue weighted by molar-refractivity contribution is -0.116. The van der Waals surface area contributed by atoms with Crippen molar-refractivity contribution >= 4 is 34.6 Å². The molecule has 1 aromatic heterocycles. The van der Waals surface area contributed by atoms with Crippen LogP contribution in [0, 0.1) is 13.8 Å². The Balaban J connectivity index is 1.60. The zero-order valence-electron chi connectivity index (χ0n) is 13.7. The molecule has 2 heterocycles. The van der Waals surface area contributed by atoms with Crippen molar-refractivity contribution in [1.29, 1.82) is 0 Å². The summed E-state index contributed by atoms with van der Waals surface area (Å²) in [5, 5.41) is 9.42. The molecule has 0 unspecified atom stereocenters.